The minimum Gasteiger partial charge on any atom is -0.391 e. The lowest BCUT2D eigenvalue weighted by Gasteiger charge is -2.39. The topological polar surface area (TPSA) is 72.9 Å². The van der Waals surface area contributed by atoms with Gasteiger partial charge in [0.25, 0.3) is 5.91 Å². The zero-order valence-electron chi connectivity index (χ0n) is 12.1. The Labute approximate surface area is 124 Å². The van der Waals surface area contributed by atoms with Crippen LogP contribution in [0.1, 0.15) is 49.5 Å². The molecule has 5 nitrogen and oxygen atoms in total. The minimum absolute atomic E-state index is 0.159. The summed E-state index contributed by atoms with van der Waals surface area (Å²) in [4.78, 5) is 12.8. The highest BCUT2D eigenvalue weighted by Crippen LogP contribution is 2.34. The van der Waals surface area contributed by atoms with Crippen LogP contribution >= 0.6 is 12.2 Å². The van der Waals surface area contributed by atoms with Crippen LogP contribution in [0.25, 0.3) is 0 Å². The first-order chi connectivity index (χ1) is 9.48. The van der Waals surface area contributed by atoms with Gasteiger partial charge in [-0.1, -0.05) is 25.6 Å². The van der Waals surface area contributed by atoms with Gasteiger partial charge in [-0.15, -0.1) is 0 Å². The first-order valence-electron chi connectivity index (χ1n) is 7.09. The van der Waals surface area contributed by atoms with Gasteiger partial charge in [-0.3, -0.25) is 9.48 Å². The van der Waals surface area contributed by atoms with Crippen molar-refractivity contribution in [2.75, 3.05) is 0 Å². The second kappa shape index (κ2) is 5.91. The summed E-state index contributed by atoms with van der Waals surface area (Å²) >= 11 is 5.22. The van der Waals surface area contributed by atoms with E-state index < -0.39 is 5.54 Å². The van der Waals surface area contributed by atoms with Crippen molar-refractivity contribution in [3.05, 3.63) is 18.0 Å². The first-order valence-corrected chi connectivity index (χ1v) is 7.50. The van der Waals surface area contributed by atoms with E-state index in [1.165, 1.54) is 6.42 Å². The molecule has 0 atom stereocenters. The zero-order valence-corrected chi connectivity index (χ0v) is 12.9. The van der Waals surface area contributed by atoms with E-state index in [4.69, 9.17) is 18.0 Å². The molecule has 0 unspecified atom stereocenters. The molecule has 1 aliphatic rings. The summed E-state index contributed by atoms with van der Waals surface area (Å²) in [6.07, 6.45) is 6.54. The van der Waals surface area contributed by atoms with E-state index in [9.17, 15) is 4.79 Å². The van der Waals surface area contributed by atoms with Crippen molar-refractivity contribution in [3.63, 3.8) is 0 Å². The van der Waals surface area contributed by atoms with Gasteiger partial charge in [-0.25, -0.2) is 0 Å². The number of hydrogen-bond donors (Lipinski definition) is 2. The summed E-state index contributed by atoms with van der Waals surface area (Å²) in [5, 5.41) is 7.07. The number of hydrogen-bond acceptors (Lipinski definition) is 3. The third kappa shape index (κ3) is 2.85. The Hall–Kier alpha value is -1.43. The fraction of sp³-hybridized carbons (Fsp3) is 0.643. The maximum atomic E-state index is 12.4. The van der Waals surface area contributed by atoms with Gasteiger partial charge in [0.2, 0.25) is 0 Å². The molecule has 1 aliphatic carbocycles. The Morgan fingerprint density at radius 2 is 2.25 bits per heavy atom. The van der Waals surface area contributed by atoms with Gasteiger partial charge in [0, 0.05) is 13.2 Å². The normalized spacial score (nSPS) is 26.2. The number of thiocarbonyl (C=S) groups is 1. The van der Waals surface area contributed by atoms with Crippen molar-refractivity contribution in [1.29, 1.82) is 0 Å². The maximum absolute atomic E-state index is 12.4. The third-order valence-electron chi connectivity index (χ3n) is 4.41. The summed E-state index contributed by atoms with van der Waals surface area (Å²) in [7, 11) is 1.75. The largest absolute Gasteiger partial charge is 0.391 e. The molecule has 1 saturated carbocycles. The van der Waals surface area contributed by atoms with Gasteiger partial charge in [0.05, 0.1) is 10.5 Å². The smallest absolute Gasteiger partial charge is 0.270 e. The number of aromatic nitrogens is 2. The molecule has 0 radical (unpaired) electrons. The van der Waals surface area contributed by atoms with E-state index in [1.54, 1.807) is 24.0 Å². The number of carbonyl (C=O) groups excluding carboxylic acids is 1. The van der Waals surface area contributed by atoms with Crippen LogP contribution in [0.15, 0.2) is 12.3 Å². The first kappa shape index (κ1) is 15.0. The van der Waals surface area contributed by atoms with Crippen LogP contribution in [0.4, 0.5) is 0 Å². The van der Waals surface area contributed by atoms with Gasteiger partial charge >= 0.3 is 0 Å². The Morgan fingerprint density at radius 3 is 2.70 bits per heavy atom. The van der Waals surface area contributed by atoms with Crippen molar-refractivity contribution < 1.29 is 4.79 Å². The number of rotatable bonds is 4. The third-order valence-corrected chi connectivity index (χ3v) is 4.80. The summed E-state index contributed by atoms with van der Waals surface area (Å²) in [5.74, 6) is 0.554. The number of amides is 1. The molecule has 1 aromatic rings. The average Bonchev–Trinajstić information content (AvgIpc) is 2.85. The maximum Gasteiger partial charge on any atom is 0.270 e. The summed E-state index contributed by atoms with van der Waals surface area (Å²) in [6, 6.07) is 1.69. The summed E-state index contributed by atoms with van der Waals surface area (Å²) in [6.45, 7) is 2.20. The number of aryl methyl sites for hydroxylation is 1. The van der Waals surface area contributed by atoms with Crippen LogP contribution in [0, 0.1) is 5.92 Å². The van der Waals surface area contributed by atoms with E-state index in [-0.39, 0.29) is 5.91 Å². The van der Waals surface area contributed by atoms with Crippen LogP contribution in [0.3, 0.4) is 0 Å². The minimum atomic E-state index is -0.539. The number of carbonyl (C=O) groups is 1. The molecule has 110 valence electrons. The SMILES string of the molecule is CCC1CCC(NC(=O)c2ccnn2C)(C(N)=S)CC1. The van der Waals surface area contributed by atoms with Gasteiger partial charge in [0.1, 0.15) is 5.69 Å². The summed E-state index contributed by atoms with van der Waals surface area (Å²) in [5.41, 5.74) is 5.91. The lowest BCUT2D eigenvalue weighted by molar-refractivity contribution is 0.0888. The van der Waals surface area contributed by atoms with E-state index in [1.807, 2.05) is 0 Å². The molecule has 0 aliphatic heterocycles. The fourth-order valence-corrected chi connectivity index (χ4v) is 3.14. The van der Waals surface area contributed by atoms with Crippen LogP contribution in [-0.4, -0.2) is 26.2 Å². The van der Waals surface area contributed by atoms with Gasteiger partial charge in [-0.05, 0) is 37.7 Å². The fourth-order valence-electron chi connectivity index (χ4n) is 2.89. The van der Waals surface area contributed by atoms with Gasteiger partial charge < -0.3 is 11.1 Å². The number of nitrogens with zero attached hydrogens (tertiary/aromatic N) is 2. The molecule has 0 saturated heterocycles. The number of nitrogens with two attached hydrogens (primary N) is 1. The van der Waals surface area contributed by atoms with Crippen molar-refractivity contribution in [2.45, 2.75) is 44.6 Å². The molecule has 1 heterocycles. The molecule has 6 heteroatoms. The molecule has 1 aromatic heterocycles. The van der Waals surface area contributed by atoms with Crippen molar-refractivity contribution in [3.8, 4) is 0 Å². The van der Waals surface area contributed by atoms with Crippen LogP contribution in [0.2, 0.25) is 0 Å². The molecule has 0 bridgehead atoms. The molecular weight excluding hydrogens is 272 g/mol. The molecule has 3 N–H and O–H groups in total. The van der Waals surface area contributed by atoms with Crippen molar-refractivity contribution in [1.82, 2.24) is 15.1 Å². The lowest BCUT2D eigenvalue weighted by Crippen LogP contribution is -2.58. The van der Waals surface area contributed by atoms with Crippen LogP contribution in [0.5, 0.6) is 0 Å². The molecule has 1 fully saturated rings. The molecule has 20 heavy (non-hydrogen) atoms. The lowest BCUT2D eigenvalue weighted by atomic mass is 9.75. The van der Waals surface area contributed by atoms with E-state index >= 15 is 0 Å². The Bertz CT molecular complexity index is 503. The highest BCUT2D eigenvalue weighted by molar-refractivity contribution is 7.80. The van der Waals surface area contributed by atoms with E-state index in [2.05, 4.69) is 17.3 Å². The monoisotopic (exact) mass is 294 g/mol. The molecular formula is C14H22N4OS. The summed E-state index contributed by atoms with van der Waals surface area (Å²) < 4.78 is 1.56. The highest BCUT2D eigenvalue weighted by atomic mass is 32.1. The van der Waals surface area contributed by atoms with E-state index in [0.717, 1.165) is 25.7 Å². The molecule has 0 aromatic carbocycles. The number of nitrogens with one attached hydrogen (secondary N) is 1. The highest BCUT2D eigenvalue weighted by Gasteiger charge is 2.39. The van der Waals surface area contributed by atoms with Gasteiger partial charge in [0.15, 0.2) is 0 Å². The average molecular weight is 294 g/mol. The van der Waals surface area contributed by atoms with Crippen molar-refractivity contribution in [2.24, 2.45) is 18.7 Å². The van der Waals surface area contributed by atoms with Crippen molar-refractivity contribution >= 4 is 23.1 Å². The van der Waals surface area contributed by atoms with E-state index in [0.29, 0.717) is 16.6 Å². The Balaban J connectivity index is 2.13. The molecule has 1 amide bonds. The Kier molecular flexibility index (Phi) is 4.42. The van der Waals surface area contributed by atoms with Crippen LogP contribution < -0.4 is 11.1 Å². The zero-order chi connectivity index (χ0) is 14.8. The second-order valence-corrected chi connectivity index (χ2v) is 6.03. The van der Waals surface area contributed by atoms with Crippen LogP contribution in [-0.2, 0) is 7.05 Å². The van der Waals surface area contributed by atoms with Gasteiger partial charge in [-0.2, -0.15) is 5.10 Å². The Morgan fingerprint density at radius 1 is 1.60 bits per heavy atom. The standard InChI is InChI=1S/C14H22N4OS/c1-3-10-4-7-14(8-5-10,13(15)20)17-12(19)11-6-9-16-18(11)2/h6,9-10H,3-5,7-8H2,1-2H3,(H2,15,20)(H,17,19). The predicted octanol–water partition coefficient (Wildman–Crippen LogP) is 1.77. The second-order valence-electron chi connectivity index (χ2n) is 5.59. The quantitative estimate of drug-likeness (QED) is 0.830. The predicted molar refractivity (Wildman–Crippen MR) is 82.4 cm³/mol. The molecule has 2 rings (SSSR count). The molecule has 0 spiro atoms.